The molecule has 0 bridgehead atoms. The summed E-state index contributed by atoms with van der Waals surface area (Å²) in [6.45, 7) is 2.10. The van der Waals surface area contributed by atoms with Gasteiger partial charge in [0.25, 0.3) is 0 Å². The van der Waals surface area contributed by atoms with Gasteiger partial charge < -0.3 is 15.7 Å². The summed E-state index contributed by atoms with van der Waals surface area (Å²) in [5.74, 6) is 0.614. The largest absolute Gasteiger partial charge is 0.506 e. The molecule has 104 valence electrons. The van der Waals surface area contributed by atoms with Gasteiger partial charge in [-0.3, -0.25) is 4.79 Å². The highest BCUT2D eigenvalue weighted by Gasteiger charge is 2.14. The van der Waals surface area contributed by atoms with Crippen LogP contribution in [-0.2, 0) is 4.79 Å². The van der Waals surface area contributed by atoms with Crippen LogP contribution in [0.1, 0.15) is 25.7 Å². The lowest BCUT2D eigenvalue weighted by Crippen LogP contribution is -2.30. The number of rotatable bonds is 4. The monoisotopic (exact) mass is 282 g/mol. The molecular formula is C14H19ClN2O2. The molecule has 0 radical (unpaired) electrons. The first-order valence-corrected chi connectivity index (χ1v) is 7.02. The van der Waals surface area contributed by atoms with Crippen molar-refractivity contribution in [3.8, 4) is 5.75 Å². The predicted molar refractivity (Wildman–Crippen MR) is 76.6 cm³/mol. The lowest BCUT2D eigenvalue weighted by Gasteiger charge is -2.22. The summed E-state index contributed by atoms with van der Waals surface area (Å²) in [5, 5.41) is 15.7. The van der Waals surface area contributed by atoms with Gasteiger partial charge in [0.05, 0.1) is 5.02 Å². The Balaban J connectivity index is 1.78. The summed E-state index contributed by atoms with van der Waals surface area (Å²) in [6, 6.07) is 4.67. The second-order valence-electron chi connectivity index (χ2n) is 4.97. The Morgan fingerprint density at radius 2 is 2.37 bits per heavy atom. The summed E-state index contributed by atoms with van der Waals surface area (Å²) >= 11 is 5.79. The van der Waals surface area contributed by atoms with E-state index in [4.69, 9.17) is 11.6 Å². The molecule has 1 amide bonds. The fourth-order valence-electron chi connectivity index (χ4n) is 2.31. The van der Waals surface area contributed by atoms with Gasteiger partial charge in [-0.05, 0) is 56.5 Å². The molecule has 1 atom stereocenters. The summed E-state index contributed by atoms with van der Waals surface area (Å²) < 4.78 is 0. The number of phenols is 1. The molecule has 1 heterocycles. The van der Waals surface area contributed by atoms with Gasteiger partial charge in [-0.25, -0.2) is 0 Å². The number of piperidine rings is 1. The summed E-state index contributed by atoms with van der Waals surface area (Å²) in [7, 11) is 0. The first kappa shape index (κ1) is 14.2. The highest BCUT2D eigenvalue weighted by molar-refractivity contribution is 6.32. The van der Waals surface area contributed by atoms with Crippen LogP contribution in [-0.4, -0.2) is 24.1 Å². The Labute approximate surface area is 118 Å². The normalized spacial score (nSPS) is 19.1. The molecule has 2 rings (SSSR count). The van der Waals surface area contributed by atoms with E-state index in [-0.39, 0.29) is 16.7 Å². The van der Waals surface area contributed by atoms with Gasteiger partial charge in [0.15, 0.2) is 0 Å². The first-order valence-electron chi connectivity index (χ1n) is 6.64. The Morgan fingerprint density at radius 1 is 1.53 bits per heavy atom. The molecule has 1 aliphatic rings. The van der Waals surface area contributed by atoms with Gasteiger partial charge >= 0.3 is 0 Å². The van der Waals surface area contributed by atoms with Crippen LogP contribution in [0.25, 0.3) is 0 Å². The third-order valence-electron chi connectivity index (χ3n) is 3.41. The number of carbonyl (C=O) groups excluding carboxylic acids is 1. The molecule has 0 aromatic heterocycles. The van der Waals surface area contributed by atoms with E-state index >= 15 is 0 Å². The average molecular weight is 283 g/mol. The second kappa shape index (κ2) is 6.78. The van der Waals surface area contributed by atoms with Crippen molar-refractivity contribution in [2.45, 2.75) is 25.7 Å². The molecule has 0 spiro atoms. The molecule has 4 nitrogen and oxygen atoms in total. The van der Waals surface area contributed by atoms with Gasteiger partial charge in [0, 0.05) is 12.1 Å². The van der Waals surface area contributed by atoms with Crippen molar-refractivity contribution in [2.24, 2.45) is 5.92 Å². The minimum absolute atomic E-state index is 0.00710. The Kier molecular flexibility index (Phi) is 5.05. The Bertz CT molecular complexity index is 445. The van der Waals surface area contributed by atoms with E-state index < -0.39 is 0 Å². The number of benzene rings is 1. The van der Waals surface area contributed by atoms with Crippen molar-refractivity contribution in [1.29, 1.82) is 0 Å². The van der Waals surface area contributed by atoms with Crippen molar-refractivity contribution in [2.75, 3.05) is 18.4 Å². The van der Waals surface area contributed by atoms with Crippen molar-refractivity contribution >= 4 is 23.2 Å². The number of phenolic OH excluding ortho intramolecular Hbond substituents is 1. The van der Waals surface area contributed by atoms with Crippen LogP contribution in [0.5, 0.6) is 5.75 Å². The topological polar surface area (TPSA) is 61.4 Å². The van der Waals surface area contributed by atoms with Crippen molar-refractivity contribution in [3.05, 3.63) is 23.2 Å². The third kappa shape index (κ3) is 4.40. The quantitative estimate of drug-likeness (QED) is 0.744. The van der Waals surface area contributed by atoms with Crippen LogP contribution in [0.2, 0.25) is 5.02 Å². The number of amides is 1. The lowest BCUT2D eigenvalue weighted by atomic mass is 9.94. The van der Waals surface area contributed by atoms with Crippen LogP contribution >= 0.6 is 11.6 Å². The van der Waals surface area contributed by atoms with Gasteiger partial charge in [0.2, 0.25) is 5.91 Å². The number of nitrogens with one attached hydrogen (secondary N) is 2. The van der Waals surface area contributed by atoms with Crippen LogP contribution in [0.3, 0.4) is 0 Å². The number of hydrogen-bond donors (Lipinski definition) is 3. The van der Waals surface area contributed by atoms with E-state index in [9.17, 15) is 9.90 Å². The molecule has 3 N–H and O–H groups in total. The van der Waals surface area contributed by atoms with Gasteiger partial charge in [-0.15, -0.1) is 0 Å². The molecule has 0 saturated carbocycles. The molecule has 19 heavy (non-hydrogen) atoms. The maximum atomic E-state index is 11.8. The molecule has 1 unspecified atom stereocenters. The maximum Gasteiger partial charge on any atom is 0.224 e. The van der Waals surface area contributed by atoms with Gasteiger partial charge in [0.1, 0.15) is 5.75 Å². The molecule has 0 aliphatic carbocycles. The molecule has 1 aromatic rings. The zero-order valence-corrected chi connectivity index (χ0v) is 11.5. The SMILES string of the molecule is O=C(CCC1CCCNC1)Nc1ccc(O)c(Cl)c1. The average Bonchev–Trinajstić information content (AvgIpc) is 2.42. The van der Waals surface area contributed by atoms with E-state index in [0.717, 1.165) is 19.5 Å². The summed E-state index contributed by atoms with van der Waals surface area (Å²) in [4.78, 5) is 11.8. The van der Waals surface area contributed by atoms with Crippen molar-refractivity contribution < 1.29 is 9.90 Å². The Hall–Kier alpha value is -1.26. The first-order chi connectivity index (χ1) is 9.15. The van der Waals surface area contributed by atoms with Crippen molar-refractivity contribution in [1.82, 2.24) is 5.32 Å². The van der Waals surface area contributed by atoms with E-state index in [0.29, 0.717) is 18.0 Å². The van der Waals surface area contributed by atoms with E-state index in [1.54, 1.807) is 12.1 Å². The molecule has 1 saturated heterocycles. The number of halogens is 1. The van der Waals surface area contributed by atoms with Crippen molar-refractivity contribution in [3.63, 3.8) is 0 Å². The van der Waals surface area contributed by atoms with Gasteiger partial charge in [-0.1, -0.05) is 11.6 Å². The maximum absolute atomic E-state index is 11.8. The predicted octanol–water partition coefficient (Wildman–Crippen LogP) is 2.76. The van der Waals surface area contributed by atoms with Crippen LogP contribution in [0.4, 0.5) is 5.69 Å². The standard InChI is InChI=1S/C14H19ClN2O2/c15-12-8-11(4-5-13(12)18)17-14(19)6-3-10-2-1-7-16-9-10/h4-5,8,10,16,18H,1-3,6-7,9H2,(H,17,19). The third-order valence-corrected chi connectivity index (χ3v) is 3.71. The molecule has 1 fully saturated rings. The lowest BCUT2D eigenvalue weighted by molar-refractivity contribution is -0.116. The minimum atomic E-state index is -0.00710. The van der Waals surface area contributed by atoms with E-state index in [1.165, 1.54) is 18.9 Å². The van der Waals surface area contributed by atoms with Crippen LogP contribution in [0.15, 0.2) is 18.2 Å². The summed E-state index contributed by atoms with van der Waals surface area (Å²) in [5.41, 5.74) is 0.620. The smallest absolute Gasteiger partial charge is 0.224 e. The minimum Gasteiger partial charge on any atom is -0.506 e. The fraction of sp³-hybridized carbons (Fsp3) is 0.500. The number of anilines is 1. The molecule has 1 aliphatic heterocycles. The zero-order valence-electron chi connectivity index (χ0n) is 10.8. The molecule has 1 aromatic carbocycles. The zero-order chi connectivity index (χ0) is 13.7. The number of hydrogen-bond acceptors (Lipinski definition) is 3. The molecule has 5 heteroatoms. The van der Waals surface area contributed by atoms with Crippen LogP contribution in [0, 0.1) is 5.92 Å². The van der Waals surface area contributed by atoms with Gasteiger partial charge in [-0.2, -0.15) is 0 Å². The fourth-order valence-corrected chi connectivity index (χ4v) is 2.49. The second-order valence-corrected chi connectivity index (χ2v) is 5.37. The number of carbonyl (C=O) groups is 1. The van der Waals surface area contributed by atoms with E-state index in [1.807, 2.05) is 0 Å². The van der Waals surface area contributed by atoms with Crippen LogP contribution < -0.4 is 10.6 Å². The van der Waals surface area contributed by atoms with E-state index in [2.05, 4.69) is 10.6 Å². The number of aromatic hydroxyl groups is 1. The Morgan fingerprint density at radius 3 is 3.05 bits per heavy atom. The molecular weight excluding hydrogens is 264 g/mol. The summed E-state index contributed by atoms with van der Waals surface area (Å²) in [6.07, 6.45) is 3.82. The highest BCUT2D eigenvalue weighted by Crippen LogP contribution is 2.26. The highest BCUT2D eigenvalue weighted by atomic mass is 35.5.